The maximum atomic E-state index is 12.1. The average molecular weight is 331 g/mol. The Morgan fingerprint density at radius 2 is 2.08 bits per heavy atom. The number of carbonyl (C=O) groups is 1. The van der Waals surface area contributed by atoms with Gasteiger partial charge < -0.3 is 15.2 Å². The van der Waals surface area contributed by atoms with Crippen LogP contribution in [0.1, 0.15) is 23.0 Å². The molecule has 1 heterocycles. The first-order valence-electron chi connectivity index (χ1n) is 7.52. The smallest absolute Gasteiger partial charge is 0.269 e. The zero-order chi connectivity index (χ0) is 17.5. The summed E-state index contributed by atoms with van der Waals surface area (Å²) in [6, 6.07) is 7.21. The molecule has 2 aromatic rings. The van der Waals surface area contributed by atoms with E-state index in [1.807, 2.05) is 25.1 Å². The van der Waals surface area contributed by atoms with E-state index in [2.05, 4.69) is 15.4 Å². The third-order valence-electron chi connectivity index (χ3n) is 3.27. The monoisotopic (exact) mass is 331 g/mol. The van der Waals surface area contributed by atoms with Crippen LogP contribution in [-0.2, 0) is 4.74 Å². The fourth-order valence-corrected chi connectivity index (χ4v) is 2.24. The first-order valence-corrected chi connectivity index (χ1v) is 7.52. The number of nitrogens with one attached hydrogen (secondary N) is 1. The van der Waals surface area contributed by atoms with Gasteiger partial charge in [-0.25, -0.2) is 15.8 Å². The minimum Gasteiger partial charge on any atom is -0.491 e. The molecule has 0 fully saturated rings. The Morgan fingerprint density at radius 3 is 2.79 bits per heavy atom. The number of ether oxygens (including phenoxy) is 2. The highest BCUT2D eigenvalue weighted by molar-refractivity contribution is 6.00. The van der Waals surface area contributed by atoms with E-state index in [0.717, 1.165) is 0 Å². The number of hydrazine groups is 1. The van der Waals surface area contributed by atoms with Crippen LogP contribution in [0.4, 0.5) is 5.95 Å². The molecule has 1 amide bonds. The Kier molecular flexibility index (Phi) is 6.05. The topological polar surface area (TPSA) is 125 Å². The molecule has 8 heteroatoms. The van der Waals surface area contributed by atoms with Gasteiger partial charge in [0.15, 0.2) is 0 Å². The first-order chi connectivity index (χ1) is 11.6. The summed E-state index contributed by atoms with van der Waals surface area (Å²) in [4.78, 5) is 20.3. The number of anilines is 1. The average Bonchev–Trinajstić information content (AvgIpc) is 2.58. The Labute approximate surface area is 140 Å². The van der Waals surface area contributed by atoms with Gasteiger partial charge in [0, 0.05) is 12.2 Å². The van der Waals surface area contributed by atoms with Crippen molar-refractivity contribution in [3.63, 3.8) is 0 Å². The lowest BCUT2D eigenvalue weighted by Gasteiger charge is -2.12. The highest BCUT2D eigenvalue weighted by Crippen LogP contribution is 2.27. The minimum atomic E-state index is -0.481. The van der Waals surface area contributed by atoms with E-state index in [-0.39, 0.29) is 11.5 Å². The number of hydrogen-bond donors (Lipinski definition) is 3. The lowest BCUT2D eigenvalue weighted by atomic mass is 10.0. The Balaban J connectivity index is 2.36. The van der Waals surface area contributed by atoms with Gasteiger partial charge in [0.2, 0.25) is 5.95 Å². The molecule has 2 rings (SSSR count). The van der Waals surface area contributed by atoms with Crippen LogP contribution in [-0.4, -0.2) is 35.7 Å². The van der Waals surface area contributed by atoms with Crippen LogP contribution in [0.25, 0.3) is 11.3 Å². The zero-order valence-corrected chi connectivity index (χ0v) is 13.7. The summed E-state index contributed by atoms with van der Waals surface area (Å²) in [6.07, 6.45) is 0. The van der Waals surface area contributed by atoms with Crippen LogP contribution in [0.2, 0.25) is 0 Å². The molecule has 0 radical (unpaired) electrons. The lowest BCUT2D eigenvalue weighted by Crippen LogP contribution is -2.31. The largest absolute Gasteiger partial charge is 0.491 e. The molecule has 0 aliphatic rings. The van der Waals surface area contributed by atoms with Crippen LogP contribution < -0.4 is 21.7 Å². The van der Waals surface area contributed by atoms with E-state index in [4.69, 9.17) is 21.1 Å². The van der Waals surface area contributed by atoms with Crippen LogP contribution in [0.5, 0.6) is 5.75 Å². The number of hydrogen-bond acceptors (Lipinski definition) is 7. The van der Waals surface area contributed by atoms with Gasteiger partial charge in [-0.3, -0.25) is 10.2 Å². The molecule has 0 atom stereocenters. The van der Waals surface area contributed by atoms with Crippen molar-refractivity contribution in [2.45, 2.75) is 13.8 Å². The van der Waals surface area contributed by atoms with E-state index in [9.17, 15) is 4.79 Å². The Morgan fingerprint density at radius 1 is 1.29 bits per heavy atom. The summed E-state index contributed by atoms with van der Waals surface area (Å²) in [5.41, 5.74) is 9.64. The van der Waals surface area contributed by atoms with Crippen molar-refractivity contribution in [2.24, 2.45) is 5.84 Å². The second-order valence-electron chi connectivity index (χ2n) is 4.94. The number of aryl methyl sites for hydroxylation is 1. The lowest BCUT2D eigenvalue weighted by molar-refractivity contribution is 0.0953. The highest BCUT2D eigenvalue weighted by Gasteiger charge is 2.19. The van der Waals surface area contributed by atoms with Crippen LogP contribution >= 0.6 is 0 Å². The van der Waals surface area contributed by atoms with E-state index in [0.29, 0.717) is 42.5 Å². The number of rotatable bonds is 7. The molecule has 0 unspecified atom stereocenters. The maximum Gasteiger partial charge on any atom is 0.269 e. The van der Waals surface area contributed by atoms with Gasteiger partial charge in [0.1, 0.15) is 12.4 Å². The zero-order valence-electron chi connectivity index (χ0n) is 13.7. The standard InChI is InChI=1S/C16H21N5O3/c1-3-23-7-8-24-12-6-4-5-11(9-12)14-13(15(22)21-18)10(2)19-16(17)20-14/h4-6,9H,3,7-8,18H2,1-2H3,(H,21,22)(H2,17,19,20). The molecule has 0 saturated carbocycles. The molecule has 0 aliphatic heterocycles. The minimum absolute atomic E-state index is 0.0822. The predicted octanol–water partition coefficient (Wildman–Crippen LogP) is 1.05. The highest BCUT2D eigenvalue weighted by atomic mass is 16.5. The molecular weight excluding hydrogens is 310 g/mol. The quantitative estimate of drug-likeness (QED) is 0.300. The van der Waals surface area contributed by atoms with Crippen molar-refractivity contribution in [2.75, 3.05) is 25.6 Å². The molecule has 1 aromatic heterocycles. The van der Waals surface area contributed by atoms with Crippen molar-refractivity contribution in [1.29, 1.82) is 0 Å². The number of nitrogens with zero attached hydrogens (tertiary/aromatic N) is 2. The molecule has 0 bridgehead atoms. The maximum absolute atomic E-state index is 12.1. The second kappa shape index (κ2) is 8.23. The summed E-state index contributed by atoms with van der Waals surface area (Å²) < 4.78 is 10.9. The number of carbonyl (C=O) groups excluding carboxylic acids is 1. The summed E-state index contributed by atoms with van der Waals surface area (Å²) in [6.45, 7) is 5.17. The molecule has 5 N–H and O–H groups in total. The van der Waals surface area contributed by atoms with E-state index in [1.54, 1.807) is 13.0 Å². The SMILES string of the molecule is CCOCCOc1cccc(-c2nc(N)nc(C)c2C(=O)NN)c1. The molecular formula is C16H21N5O3. The number of aromatic nitrogens is 2. The summed E-state index contributed by atoms with van der Waals surface area (Å²) >= 11 is 0. The summed E-state index contributed by atoms with van der Waals surface area (Å²) in [5, 5.41) is 0. The molecule has 0 spiro atoms. The first kappa shape index (κ1) is 17.6. The van der Waals surface area contributed by atoms with Crippen LogP contribution in [0.15, 0.2) is 24.3 Å². The van der Waals surface area contributed by atoms with E-state index in [1.165, 1.54) is 0 Å². The van der Waals surface area contributed by atoms with Crippen LogP contribution in [0, 0.1) is 6.92 Å². The van der Waals surface area contributed by atoms with Crippen molar-refractivity contribution >= 4 is 11.9 Å². The molecule has 24 heavy (non-hydrogen) atoms. The molecule has 0 saturated heterocycles. The van der Waals surface area contributed by atoms with Gasteiger partial charge in [0.25, 0.3) is 5.91 Å². The van der Waals surface area contributed by atoms with Crippen molar-refractivity contribution in [3.05, 3.63) is 35.5 Å². The fraction of sp³-hybridized carbons (Fsp3) is 0.312. The molecule has 1 aromatic carbocycles. The van der Waals surface area contributed by atoms with Gasteiger partial charge in [-0.15, -0.1) is 0 Å². The Bertz CT molecular complexity index is 721. The summed E-state index contributed by atoms with van der Waals surface area (Å²) in [5.74, 6) is 5.50. The molecule has 128 valence electrons. The number of amides is 1. The Hall–Kier alpha value is -2.71. The third-order valence-corrected chi connectivity index (χ3v) is 3.27. The summed E-state index contributed by atoms with van der Waals surface area (Å²) in [7, 11) is 0. The fourth-order valence-electron chi connectivity index (χ4n) is 2.24. The number of nitrogens with two attached hydrogens (primary N) is 2. The number of nitrogen functional groups attached to an aromatic ring is 2. The normalized spacial score (nSPS) is 10.5. The second-order valence-corrected chi connectivity index (χ2v) is 4.94. The van der Waals surface area contributed by atoms with E-state index < -0.39 is 5.91 Å². The third kappa shape index (κ3) is 4.18. The van der Waals surface area contributed by atoms with Gasteiger partial charge in [-0.1, -0.05) is 12.1 Å². The van der Waals surface area contributed by atoms with Crippen LogP contribution in [0.3, 0.4) is 0 Å². The number of benzene rings is 1. The van der Waals surface area contributed by atoms with E-state index >= 15 is 0 Å². The van der Waals surface area contributed by atoms with Gasteiger partial charge >= 0.3 is 0 Å². The van der Waals surface area contributed by atoms with Crippen molar-refractivity contribution in [3.8, 4) is 17.0 Å². The van der Waals surface area contributed by atoms with Gasteiger partial charge in [-0.05, 0) is 26.0 Å². The van der Waals surface area contributed by atoms with Gasteiger partial charge in [0.05, 0.1) is 23.6 Å². The van der Waals surface area contributed by atoms with Gasteiger partial charge in [-0.2, -0.15) is 0 Å². The predicted molar refractivity (Wildman–Crippen MR) is 90.3 cm³/mol. The molecule has 8 nitrogen and oxygen atoms in total. The van der Waals surface area contributed by atoms with Crippen molar-refractivity contribution in [1.82, 2.24) is 15.4 Å². The van der Waals surface area contributed by atoms with Crippen molar-refractivity contribution < 1.29 is 14.3 Å². The molecule has 0 aliphatic carbocycles.